The van der Waals surface area contributed by atoms with Gasteiger partial charge >= 0.3 is 5.97 Å². The van der Waals surface area contributed by atoms with Crippen molar-refractivity contribution >= 4 is 11.7 Å². The second-order valence-electron chi connectivity index (χ2n) is 4.10. The van der Waals surface area contributed by atoms with Crippen molar-refractivity contribution in [2.24, 2.45) is 0 Å². The Balaban J connectivity index is 2.83. The molecular formula is C13H19NO4. The number of benzene rings is 1. The number of hydrogen-bond acceptors (Lipinski definition) is 5. The first-order chi connectivity index (χ1) is 8.49. The van der Waals surface area contributed by atoms with Gasteiger partial charge in [-0.15, -0.1) is 0 Å². The van der Waals surface area contributed by atoms with E-state index in [2.05, 4.69) is 4.74 Å². The highest BCUT2D eigenvalue weighted by molar-refractivity contribution is 5.69. The summed E-state index contributed by atoms with van der Waals surface area (Å²) >= 11 is 0. The second kappa shape index (κ2) is 6.37. The Labute approximate surface area is 106 Å². The number of nitrogens with two attached hydrogens (primary N) is 1. The number of rotatable bonds is 5. The summed E-state index contributed by atoms with van der Waals surface area (Å²) in [6, 6.07) is 5.06. The van der Waals surface area contributed by atoms with Gasteiger partial charge in [-0.25, -0.2) is 0 Å². The molecule has 5 heteroatoms. The number of aliphatic hydroxyl groups excluding tert-OH is 2. The molecule has 4 N–H and O–H groups in total. The van der Waals surface area contributed by atoms with E-state index in [1.807, 2.05) is 6.92 Å². The fourth-order valence-electron chi connectivity index (χ4n) is 1.70. The maximum absolute atomic E-state index is 11.0. The molecule has 1 aromatic rings. The lowest BCUT2D eigenvalue weighted by atomic mass is 9.98. The van der Waals surface area contributed by atoms with Crippen LogP contribution < -0.4 is 5.73 Å². The Bertz CT molecular complexity index is 419. The van der Waals surface area contributed by atoms with Gasteiger partial charge in [0.05, 0.1) is 19.6 Å². The molecule has 0 fully saturated rings. The maximum atomic E-state index is 11.0. The molecule has 0 radical (unpaired) electrons. The number of aryl methyl sites for hydroxylation is 1. The molecule has 0 saturated carbocycles. The highest BCUT2D eigenvalue weighted by atomic mass is 16.5. The van der Waals surface area contributed by atoms with E-state index in [0.29, 0.717) is 11.3 Å². The molecule has 0 heterocycles. The molecule has 0 amide bonds. The molecule has 0 aromatic heterocycles. The van der Waals surface area contributed by atoms with Gasteiger partial charge in [0.2, 0.25) is 0 Å². The third kappa shape index (κ3) is 3.45. The summed E-state index contributed by atoms with van der Waals surface area (Å²) in [6.45, 7) is 1.95. The molecular weight excluding hydrogens is 234 g/mol. The number of hydrogen-bond donors (Lipinski definition) is 3. The van der Waals surface area contributed by atoms with Crippen LogP contribution in [0.5, 0.6) is 0 Å². The van der Waals surface area contributed by atoms with Gasteiger partial charge in [0.15, 0.2) is 0 Å². The zero-order chi connectivity index (χ0) is 13.7. The van der Waals surface area contributed by atoms with E-state index in [1.54, 1.807) is 18.2 Å². The molecule has 0 saturated heterocycles. The average Bonchev–Trinajstić information content (AvgIpc) is 2.38. The number of methoxy groups -OCH3 is 1. The van der Waals surface area contributed by atoms with Crippen molar-refractivity contribution in [2.45, 2.75) is 32.0 Å². The highest BCUT2D eigenvalue weighted by Crippen LogP contribution is 2.23. The van der Waals surface area contributed by atoms with Gasteiger partial charge in [0.1, 0.15) is 6.10 Å². The monoisotopic (exact) mass is 253 g/mol. The average molecular weight is 253 g/mol. The quantitative estimate of drug-likeness (QED) is 0.533. The van der Waals surface area contributed by atoms with Gasteiger partial charge in [-0.1, -0.05) is 19.1 Å². The lowest BCUT2D eigenvalue weighted by Crippen LogP contribution is -2.22. The highest BCUT2D eigenvalue weighted by Gasteiger charge is 2.22. The number of carbonyl (C=O) groups excluding carboxylic acids is 1. The number of ether oxygens (including phenoxy) is 1. The predicted octanol–water partition coefficient (Wildman–Crippen LogP) is 0.789. The molecule has 1 rings (SSSR count). The van der Waals surface area contributed by atoms with E-state index in [9.17, 15) is 15.0 Å². The number of nitrogen functional groups attached to an aromatic ring is 1. The molecule has 0 bridgehead atoms. The van der Waals surface area contributed by atoms with E-state index in [1.165, 1.54) is 7.11 Å². The molecule has 100 valence electrons. The zero-order valence-corrected chi connectivity index (χ0v) is 10.6. The molecule has 2 atom stereocenters. The molecule has 5 nitrogen and oxygen atoms in total. The lowest BCUT2D eigenvalue weighted by molar-refractivity contribution is -0.144. The topological polar surface area (TPSA) is 92.8 Å². The van der Waals surface area contributed by atoms with Crippen molar-refractivity contribution in [3.8, 4) is 0 Å². The van der Waals surface area contributed by atoms with E-state index < -0.39 is 18.2 Å². The normalized spacial score (nSPS) is 14.0. The van der Waals surface area contributed by atoms with Gasteiger partial charge < -0.3 is 20.7 Å². The molecule has 0 aliphatic heterocycles. The summed E-state index contributed by atoms with van der Waals surface area (Å²) in [5.41, 5.74) is 7.85. The fraction of sp³-hybridized carbons (Fsp3) is 0.462. The van der Waals surface area contributed by atoms with Gasteiger partial charge in [-0.2, -0.15) is 0 Å². The van der Waals surface area contributed by atoms with E-state index in [4.69, 9.17) is 5.73 Å². The Morgan fingerprint density at radius 2 is 2.11 bits per heavy atom. The van der Waals surface area contributed by atoms with Gasteiger partial charge in [0.25, 0.3) is 0 Å². The van der Waals surface area contributed by atoms with Crippen LogP contribution in [0.1, 0.15) is 30.6 Å². The van der Waals surface area contributed by atoms with Gasteiger partial charge in [0, 0.05) is 5.69 Å². The Morgan fingerprint density at radius 1 is 1.44 bits per heavy atom. The smallest absolute Gasteiger partial charge is 0.308 e. The van der Waals surface area contributed by atoms with E-state index >= 15 is 0 Å². The molecule has 2 unspecified atom stereocenters. The summed E-state index contributed by atoms with van der Waals surface area (Å²) in [6.07, 6.45) is -1.83. The van der Waals surface area contributed by atoms with Crippen molar-refractivity contribution in [1.29, 1.82) is 0 Å². The third-order valence-corrected chi connectivity index (χ3v) is 2.86. The summed E-state index contributed by atoms with van der Waals surface area (Å²) in [7, 11) is 1.24. The summed E-state index contributed by atoms with van der Waals surface area (Å²) in [4.78, 5) is 11.0. The largest absolute Gasteiger partial charge is 0.469 e. The molecule has 1 aromatic carbocycles. The van der Waals surface area contributed by atoms with Crippen molar-refractivity contribution in [3.05, 3.63) is 29.3 Å². The number of aliphatic hydroxyl groups is 2. The van der Waals surface area contributed by atoms with Crippen LogP contribution in [0.3, 0.4) is 0 Å². The Kier molecular flexibility index (Phi) is 5.12. The fourth-order valence-corrected chi connectivity index (χ4v) is 1.70. The van der Waals surface area contributed by atoms with Crippen LogP contribution in [-0.4, -0.2) is 29.4 Å². The first-order valence-electron chi connectivity index (χ1n) is 5.80. The SMILES string of the molecule is CCc1cc(C(O)C(O)CC(=O)OC)ccc1N. The van der Waals surface area contributed by atoms with Crippen LogP contribution in [0.15, 0.2) is 18.2 Å². The van der Waals surface area contributed by atoms with E-state index in [-0.39, 0.29) is 6.42 Å². The van der Waals surface area contributed by atoms with Crippen molar-refractivity contribution in [3.63, 3.8) is 0 Å². The minimum atomic E-state index is -1.19. The summed E-state index contributed by atoms with van der Waals surface area (Å²) in [5, 5.41) is 19.7. The summed E-state index contributed by atoms with van der Waals surface area (Å²) < 4.78 is 4.44. The van der Waals surface area contributed by atoms with Crippen LogP contribution >= 0.6 is 0 Å². The minimum Gasteiger partial charge on any atom is -0.469 e. The first-order valence-corrected chi connectivity index (χ1v) is 5.80. The van der Waals surface area contributed by atoms with Crippen molar-refractivity contribution in [2.75, 3.05) is 12.8 Å². The Morgan fingerprint density at radius 3 is 2.67 bits per heavy atom. The standard InChI is InChI=1S/C13H19NO4/c1-3-8-6-9(4-5-10(8)14)13(17)11(15)7-12(16)18-2/h4-6,11,13,15,17H,3,7,14H2,1-2H3. The lowest BCUT2D eigenvalue weighted by Gasteiger charge is -2.18. The van der Waals surface area contributed by atoms with Crippen LogP contribution in [0.4, 0.5) is 5.69 Å². The number of carbonyl (C=O) groups is 1. The predicted molar refractivity (Wildman–Crippen MR) is 67.8 cm³/mol. The van der Waals surface area contributed by atoms with Crippen molar-refractivity contribution in [1.82, 2.24) is 0 Å². The molecule has 0 spiro atoms. The van der Waals surface area contributed by atoms with Crippen LogP contribution in [0.2, 0.25) is 0 Å². The maximum Gasteiger partial charge on any atom is 0.308 e. The van der Waals surface area contributed by atoms with Crippen molar-refractivity contribution < 1.29 is 19.7 Å². The van der Waals surface area contributed by atoms with Gasteiger partial charge in [-0.05, 0) is 23.6 Å². The third-order valence-electron chi connectivity index (χ3n) is 2.86. The van der Waals surface area contributed by atoms with Crippen LogP contribution in [0, 0.1) is 0 Å². The number of esters is 1. The molecule has 18 heavy (non-hydrogen) atoms. The van der Waals surface area contributed by atoms with Gasteiger partial charge in [-0.3, -0.25) is 4.79 Å². The zero-order valence-electron chi connectivity index (χ0n) is 10.6. The Hall–Kier alpha value is -1.59. The second-order valence-corrected chi connectivity index (χ2v) is 4.10. The van der Waals surface area contributed by atoms with E-state index in [0.717, 1.165) is 12.0 Å². The summed E-state index contributed by atoms with van der Waals surface area (Å²) in [5.74, 6) is -0.562. The first kappa shape index (κ1) is 14.5. The molecule has 0 aliphatic carbocycles. The minimum absolute atomic E-state index is 0.247. The number of anilines is 1. The molecule has 0 aliphatic rings. The van der Waals surface area contributed by atoms with Crippen LogP contribution in [0.25, 0.3) is 0 Å². The van der Waals surface area contributed by atoms with Crippen LogP contribution in [-0.2, 0) is 16.0 Å².